The zero-order chi connectivity index (χ0) is 14.2. The molecule has 1 N–H and O–H groups in total. The topological polar surface area (TPSA) is 15.3 Å². The van der Waals surface area contributed by atoms with Gasteiger partial charge in [0, 0.05) is 24.3 Å². The van der Waals surface area contributed by atoms with Crippen molar-refractivity contribution in [2.75, 3.05) is 24.5 Å². The molecular weight excluding hydrogens is 244 g/mol. The maximum absolute atomic E-state index is 3.81. The zero-order valence-electron chi connectivity index (χ0n) is 13.2. The van der Waals surface area contributed by atoms with E-state index in [0.717, 1.165) is 19.0 Å². The van der Waals surface area contributed by atoms with Crippen LogP contribution in [0.3, 0.4) is 0 Å². The molecule has 3 rings (SSSR count). The number of anilines is 1. The van der Waals surface area contributed by atoms with Crippen molar-refractivity contribution >= 4 is 5.69 Å². The van der Waals surface area contributed by atoms with E-state index in [0.29, 0.717) is 11.5 Å². The highest BCUT2D eigenvalue weighted by Crippen LogP contribution is 2.41. The average molecular weight is 272 g/mol. The van der Waals surface area contributed by atoms with Crippen molar-refractivity contribution in [1.29, 1.82) is 0 Å². The van der Waals surface area contributed by atoms with E-state index >= 15 is 0 Å². The van der Waals surface area contributed by atoms with E-state index in [4.69, 9.17) is 0 Å². The summed E-state index contributed by atoms with van der Waals surface area (Å²) in [6.45, 7) is 10.4. The lowest BCUT2D eigenvalue weighted by molar-refractivity contribution is 0.331. The third kappa shape index (κ3) is 2.85. The van der Waals surface area contributed by atoms with Gasteiger partial charge in [0.15, 0.2) is 0 Å². The van der Waals surface area contributed by atoms with Crippen LogP contribution in [0.1, 0.15) is 51.5 Å². The molecule has 1 unspecified atom stereocenters. The number of nitrogens with zero attached hydrogens (tertiary/aromatic N) is 1. The van der Waals surface area contributed by atoms with E-state index in [-0.39, 0.29) is 0 Å². The van der Waals surface area contributed by atoms with E-state index in [1.54, 1.807) is 0 Å². The van der Waals surface area contributed by atoms with E-state index < -0.39 is 0 Å². The van der Waals surface area contributed by atoms with Gasteiger partial charge in [0.25, 0.3) is 0 Å². The molecule has 1 aromatic rings. The molecule has 1 saturated carbocycles. The average Bonchev–Trinajstić information content (AvgIpc) is 3.26. The van der Waals surface area contributed by atoms with Crippen LogP contribution in [0.25, 0.3) is 0 Å². The first-order valence-corrected chi connectivity index (χ1v) is 8.18. The smallest absolute Gasteiger partial charge is 0.0367 e. The molecule has 1 saturated heterocycles. The van der Waals surface area contributed by atoms with E-state index in [1.165, 1.54) is 37.1 Å². The van der Waals surface area contributed by atoms with E-state index in [2.05, 4.69) is 55.3 Å². The molecule has 0 spiro atoms. The molecular formula is C18H28N2. The van der Waals surface area contributed by atoms with Crippen LogP contribution in [-0.4, -0.2) is 25.2 Å². The Balaban J connectivity index is 1.77. The fraction of sp³-hybridized carbons (Fsp3) is 0.667. The van der Waals surface area contributed by atoms with Crippen LogP contribution >= 0.6 is 0 Å². The zero-order valence-corrected chi connectivity index (χ0v) is 13.2. The number of nitrogens with one attached hydrogen (secondary N) is 1. The molecule has 0 bridgehead atoms. The molecule has 1 aliphatic heterocycles. The van der Waals surface area contributed by atoms with Crippen LogP contribution in [0.15, 0.2) is 24.3 Å². The first kappa shape index (κ1) is 13.9. The lowest BCUT2D eigenvalue weighted by Crippen LogP contribution is -2.51. The summed E-state index contributed by atoms with van der Waals surface area (Å²) < 4.78 is 0. The molecule has 20 heavy (non-hydrogen) atoms. The van der Waals surface area contributed by atoms with Gasteiger partial charge >= 0.3 is 0 Å². The van der Waals surface area contributed by atoms with Crippen molar-refractivity contribution < 1.29 is 0 Å². The van der Waals surface area contributed by atoms with Crippen LogP contribution in [0, 0.1) is 5.92 Å². The van der Waals surface area contributed by atoms with Crippen molar-refractivity contribution in [2.24, 2.45) is 5.92 Å². The summed E-state index contributed by atoms with van der Waals surface area (Å²) >= 11 is 0. The maximum Gasteiger partial charge on any atom is 0.0367 e. The molecule has 0 radical (unpaired) electrons. The molecule has 1 atom stereocenters. The summed E-state index contributed by atoms with van der Waals surface area (Å²) in [6, 6.07) is 9.22. The largest absolute Gasteiger partial charge is 0.370 e. The molecule has 0 aromatic heterocycles. The monoisotopic (exact) mass is 272 g/mol. The maximum atomic E-state index is 3.81. The van der Waals surface area contributed by atoms with Crippen LogP contribution in [0.2, 0.25) is 0 Å². The second kappa shape index (κ2) is 5.40. The fourth-order valence-electron chi connectivity index (χ4n) is 3.46. The summed E-state index contributed by atoms with van der Waals surface area (Å²) in [5.41, 5.74) is 3.14. The van der Waals surface area contributed by atoms with Crippen LogP contribution in [0.4, 0.5) is 5.69 Å². The second-order valence-electron chi connectivity index (χ2n) is 7.14. The van der Waals surface area contributed by atoms with Gasteiger partial charge < -0.3 is 10.2 Å². The van der Waals surface area contributed by atoms with Gasteiger partial charge in [0.1, 0.15) is 0 Å². The van der Waals surface area contributed by atoms with Gasteiger partial charge in [-0.25, -0.2) is 0 Å². The predicted molar refractivity (Wildman–Crippen MR) is 86.5 cm³/mol. The summed E-state index contributed by atoms with van der Waals surface area (Å²) in [7, 11) is 0. The van der Waals surface area contributed by atoms with Crippen molar-refractivity contribution in [1.82, 2.24) is 5.32 Å². The van der Waals surface area contributed by atoms with Crippen LogP contribution in [-0.2, 0) is 0 Å². The number of hydrogen-bond acceptors (Lipinski definition) is 2. The van der Waals surface area contributed by atoms with Crippen molar-refractivity contribution in [2.45, 2.75) is 51.5 Å². The van der Waals surface area contributed by atoms with Gasteiger partial charge in [-0.1, -0.05) is 26.0 Å². The molecule has 1 heterocycles. The van der Waals surface area contributed by atoms with Gasteiger partial charge in [0.2, 0.25) is 0 Å². The van der Waals surface area contributed by atoms with Gasteiger partial charge in [-0.2, -0.15) is 0 Å². The van der Waals surface area contributed by atoms with E-state index in [9.17, 15) is 0 Å². The highest BCUT2D eigenvalue weighted by Gasteiger charge is 2.43. The fourth-order valence-corrected chi connectivity index (χ4v) is 3.46. The Morgan fingerprint density at radius 2 is 1.90 bits per heavy atom. The summed E-state index contributed by atoms with van der Waals surface area (Å²) in [5, 5.41) is 3.81. The van der Waals surface area contributed by atoms with Crippen molar-refractivity contribution in [3.05, 3.63) is 29.8 Å². The third-order valence-electron chi connectivity index (χ3n) is 5.06. The van der Waals surface area contributed by atoms with Crippen LogP contribution < -0.4 is 10.2 Å². The number of rotatable bonds is 3. The Morgan fingerprint density at radius 3 is 2.50 bits per heavy atom. The molecule has 2 aliphatic rings. The van der Waals surface area contributed by atoms with E-state index in [1.807, 2.05) is 0 Å². The summed E-state index contributed by atoms with van der Waals surface area (Å²) in [4.78, 5) is 2.59. The SMILES string of the molecule is CC(C)c1ccc(N2CCCNC(C)(C3CC3)C2)cc1. The van der Waals surface area contributed by atoms with Gasteiger partial charge in [-0.15, -0.1) is 0 Å². The first-order valence-electron chi connectivity index (χ1n) is 8.18. The standard InChI is InChI=1S/C18H28N2/c1-14(2)15-5-9-17(10-6-15)20-12-4-11-19-18(3,13-20)16-7-8-16/h5-6,9-10,14,16,19H,4,7-8,11-13H2,1-3H3. The second-order valence-corrected chi connectivity index (χ2v) is 7.14. The highest BCUT2D eigenvalue weighted by atomic mass is 15.2. The van der Waals surface area contributed by atoms with Gasteiger partial charge in [-0.05, 0) is 62.3 Å². The first-order chi connectivity index (χ1) is 9.58. The third-order valence-corrected chi connectivity index (χ3v) is 5.06. The summed E-state index contributed by atoms with van der Waals surface area (Å²) in [5.74, 6) is 1.50. The molecule has 1 aromatic carbocycles. The van der Waals surface area contributed by atoms with Gasteiger partial charge in [0.05, 0.1) is 0 Å². The minimum atomic E-state index is 0.313. The Morgan fingerprint density at radius 1 is 1.20 bits per heavy atom. The molecule has 2 heteroatoms. The number of hydrogen-bond donors (Lipinski definition) is 1. The van der Waals surface area contributed by atoms with Crippen molar-refractivity contribution in [3.8, 4) is 0 Å². The minimum Gasteiger partial charge on any atom is -0.370 e. The quantitative estimate of drug-likeness (QED) is 0.901. The molecule has 110 valence electrons. The highest BCUT2D eigenvalue weighted by molar-refractivity contribution is 5.49. The lowest BCUT2D eigenvalue weighted by atomic mass is 9.95. The summed E-state index contributed by atoms with van der Waals surface area (Å²) in [6.07, 6.45) is 4.06. The van der Waals surface area contributed by atoms with Crippen molar-refractivity contribution in [3.63, 3.8) is 0 Å². The Kier molecular flexibility index (Phi) is 3.76. The predicted octanol–water partition coefficient (Wildman–Crippen LogP) is 3.78. The lowest BCUT2D eigenvalue weighted by Gasteiger charge is -2.35. The Labute approximate surface area is 123 Å². The van der Waals surface area contributed by atoms with Crippen LogP contribution in [0.5, 0.6) is 0 Å². The Bertz CT molecular complexity index is 447. The molecule has 0 amide bonds. The normalized spacial score (nSPS) is 27.7. The van der Waals surface area contributed by atoms with Gasteiger partial charge in [-0.3, -0.25) is 0 Å². The minimum absolute atomic E-state index is 0.313. The molecule has 2 nitrogen and oxygen atoms in total. The Hall–Kier alpha value is -1.02. The number of benzene rings is 1. The molecule has 1 aliphatic carbocycles. The molecule has 2 fully saturated rings.